The number of hydrogen-bond acceptors (Lipinski definition) is 6. The van der Waals surface area contributed by atoms with Crippen LogP contribution in [0.4, 0.5) is 4.79 Å². The third kappa shape index (κ3) is 3.96. The van der Waals surface area contributed by atoms with Crippen molar-refractivity contribution >= 4 is 16.1 Å². The van der Waals surface area contributed by atoms with Crippen molar-refractivity contribution < 1.29 is 22.7 Å². The van der Waals surface area contributed by atoms with Crippen LogP contribution in [0.25, 0.3) is 0 Å². The number of aryl methyl sites for hydroxylation is 1. The van der Waals surface area contributed by atoms with Gasteiger partial charge in [0.2, 0.25) is 0 Å². The molecule has 1 heterocycles. The summed E-state index contributed by atoms with van der Waals surface area (Å²) in [4.78, 5) is 11.7. The SMILES string of the molecule is Cc1ccc(S(=O)(=O)NC(=O)O[C@@H]2COCC[C@H]2C#N)cc1. The number of ether oxygens (including phenoxy) is 2. The summed E-state index contributed by atoms with van der Waals surface area (Å²) >= 11 is 0. The molecule has 1 aliphatic heterocycles. The highest BCUT2D eigenvalue weighted by molar-refractivity contribution is 7.90. The number of amides is 1. The number of sulfonamides is 1. The Kier molecular flexibility index (Phi) is 5.00. The highest BCUT2D eigenvalue weighted by atomic mass is 32.2. The second-order valence-corrected chi connectivity index (χ2v) is 6.64. The molecule has 0 spiro atoms. The van der Waals surface area contributed by atoms with E-state index in [1.807, 2.05) is 17.7 Å². The van der Waals surface area contributed by atoms with E-state index in [4.69, 9.17) is 14.7 Å². The van der Waals surface area contributed by atoms with Crippen LogP contribution in [-0.2, 0) is 19.5 Å². The van der Waals surface area contributed by atoms with Gasteiger partial charge >= 0.3 is 6.09 Å². The Labute approximate surface area is 128 Å². The lowest BCUT2D eigenvalue weighted by atomic mass is 9.99. The van der Waals surface area contributed by atoms with E-state index in [1.165, 1.54) is 12.1 Å². The van der Waals surface area contributed by atoms with Gasteiger partial charge in [-0.25, -0.2) is 17.9 Å². The molecule has 0 aromatic heterocycles. The highest BCUT2D eigenvalue weighted by Gasteiger charge is 2.30. The van der Waals surface area contributed by atoms with Crippen LogP contribution in [0.5, 0.6) is 0 Å². The molecule has 0 radical (unpaired) electrons. The van der Waals surface area contributed by atoms with Crippen LogP contribution < -0.4 is 4.72 Å². The van der Waals surface area contributed by atoms with Gasteiger partial charge in [0.15, 0.2) is 0 Å². The van der Waals surface area contributed by atoms with Gasteiger partial charge in [0.1, 0.15) is 6.10 Å². The maximum Gasteiger partial charge on any atom is 0.421 e. The van der Waals surface area contributed by atoms with Crippen molar-refractivity contribution in [3.63, 3.8) is 0 Å². The van der Waals surface area contributed by atoms with E-state index < -0.39 is 28.1 Å². The third-order valence-electron chi connectivity index (χ3n) is 3.28. The minimum atomic E-state index is -4.00. The van der Waals surface area contributed by atoms with Gasteiger partial charge in [-0.2, -0.15) is 5.26 Å². The average molecular weight is 324 g/mol. The van der Waals surface area contributed by atoms with E-state index in [-0.39, 0.29) is 11.5 Å². The van der Waals surface area contributed by atoms with Crippen LogP contribution in [0.2, 0.25) is 0 Å². The lowest BCUT2D eigenvalue weighted by Crippen LogP contribution is -2.40. The maximum absolute atomic E-state index is 12.0. The average Bonchev–Trinajstić information content (AvgIpc) is 2.47. The first-order chi connectivity index (χ1) is 10.4. The van der Waals surface area contributed by atoms with E-state index in [2.05, 4.69) is 0 Å². The van der Waals surface area contributed by atoms with Gasteiger partial charge in [0.25, 0.3) is 10.0 Å². The number of nitrogens with one attached hydrogen (secondary N) is 1. The molecule has 8 heteroatoms. The van der Waals surface area contributed by atoms with Crippen molar-refractivity contribution in [1.29, 1.82) is 5.26 Å². The van der Waals surface area contributed by atoms with Crippen molar-refractivity contribution in [2.45, 2.75) is 24.3 Å². The number of rotatable bonds is 3. The molecule has 1 aromatic carbocycles. The molecule has 1 amide bonds. The van der Waals surface area contributed by atoms with Crippen molar-refractivity contribution in [3.8, 4) is 6.07 Å². The molecule has 1 aliphatic rings. The van der Waals surface area contributed by atoms with E-state index in [0.29, 0.717) is 13.0 Å². The molecule has 7 nitrogen and oxygen atoms in total. The Morgan fingerprint density at radius 1 is 1.41 bits per heavy atom. The van der Waals surface area contributed by atoms with Crippen molar-refractivity contribution in [1.82, 2.24) is 4.72 Å². The number of carbonyl (C=O) groups excluding carboxylic acids is 1. The monoisotopic (exact) mass is 324 g/mol. The topological polar surface area (TPSA) is 105 Å². The normalized spacial score (nSPS) is 21.6. The van der Waals surface area contributed by atoms with Crippen molar-refractivity contribution in [3.05, 3.63) is 29.8 Å². The van der Waals surface area contributed by atoms with Gasteiger partial charge in [-0.05, 0) is 25.5 Å². The Morgan fingerprint density at radius 2 is 2.09 bits per heavy atom. The van der Waals surface area contributed by atoms with Gasteiger partial charge in [-0.15, -0.1) is 0 Å². The zero-order valence-corrected chi connectivity index (χ0v) is 12.8. The Morgan fingerprint density at radius 3 is 2.73 bits per heavy atom. The molecule has 22 heavy (non-hydrogen) atoms. The molecule has 1 N–H and O–H groups in total. The largest absolute Gasteiger partial charge is 0.442 e. The van der Waals surface area contributed by atoms with Crippen LogP contribution in [0, 0.1) is 24.2 Å². The first-order valence-electron chi connectivity index (χ1n) is 6.70. The lowest BCUT2D eigenvalue weighted by molar-refractivity contribution is -0.0351. The standard InChI is InChI=1S/C14H16N2O5S/c1-10-2-4-12(5-3-10)22(18,19)16-14(17)21-13-9-20-7-6-11(13)8-15/h2-5,11,13H,6-7,9H2,1H3,(H,16,17)/t11-,13+/m0/s1. The third-order valence-corrected chi connectivity index (χ3v) is 4.61. The van der Waals surface area contributed by atoms with Crippen LogP contribution in [0.15, 0.2) is 29.2 Å². The second-order valence-electron chi connectivity index (χ2n) is 4.96. The number of benzene rings is 1. The quantitative estimate of drug-likeness (QED) is 0.899. The molecule has 0 aliphatic carbocycles. The van der Waals surface area contributed by atoms with Gasteiger partial charge in [0, 0.05) is 6.61 Å². The number of hydrogen-bond donors (Lipinski definition) is 1. The molecule has 2 atom stereocenters. The van der Waals surface area contributed by atoms with E-state index in [1.54, 1.807) is 12.1 Å². The van der Waals surface area contributed by atoms with E-state index >= 15 is 0 Å². The number of carbonyl (C=O) groups is 1. The fourth-order valence-corrected chi connectivity index (χ4v) is 2.90. The van der Waals surface area contributed by atoms with Crippen LogP contribution in [-0.4, -0.2) is 33.8 Å². The molecule has 118 valence electrons. The van der Waals surface area contributed by atoms with Crippen molar-refractivity contribution in [2.75, 3.05) is 13.2 Å². The molecular weight excluding hydrogens is 308 g/mol. The number of nitrogens with zero attached hydrogens (tertiary/aromatic N) is 1. The fourth-order valence-electron chi connectivity index (χ4n) is 2.02. The summed E-state index contributed by atoms with van der Waals surface area (Å²) in [6, 6.07) is 8.07. The first kappa shape index (κ1) is 16.3. The minimum Gasteiger partial charge on any atom is -0.442 e. The van der Waals surface area contributed by atoms with Crippen molar-refractivity contribution in [2.24, 2.45) is 5.92 Å². The summed E-state index contributed by atoms with van der Waals surface area (Å²) in [6.07, 6.45) is -1.44. The molecule has 0 unspecified atom stereocenters. The molecule has 0 bridgehead atoms. The summed E-state index contributed by atoms with van der Waals surface area (Å²) in [5, 5.41) is 8.98. The zero-order chi connectivity index (χ0) is 16.2. The fraction of sp³-hybridized carbons (Fsp3) is 0.429. The van der Waals surface area contributed by atoms with Gasteiger partial charge in [0.05, 0.1) is 23.5 Å². The number of nitriles is 1. The summed E-state index contributed by atoms with van der Waals surface area (Å²) in [5.41, 5.74) is 0.901. The lowest BCUT2D eigenvalue weighted by Gasteiger charge is -2.26. The molecule has 1 saturated heterocycles. The van der Waals surface area contributed by atoms with Crippen LogP contribution >= 0.6 is 0 Å². The van der Waals surface area contributed by atoms with Gasteiger partial charge < -0.3 is 9.47 Å². The Hall–Kier alpha value is -2.11. The molecular formula is C14H16N2O5S. The Balaban J connectivity index is 2.02. The van der Waals surface area contributed by atoms with E-state index in [9.17, 15) is 13.2 Å². The van der Waals surface area contributed by atoms with E-state index in [0.717, 1.165) is 5.56 Å². The smallest absolute Gasteiger partial charge is 0.421 e. The summed E-state index contributed by atoms with van der Waals surface area (Å²) in [5.74, 6) is -0.499. The summed E-state index contributed by atoms with van der Waals surface area (Å²) in [7, 11) is -4.00. The molecule has 1 aromatic rings. The predicted molar refractivity (Wildman–Crippen MR) is 76.3 cm³/mol. The van der Waals surface area contributed by atoms with Crippen LogP contribution in [0.3, 0.4) is 0 Å². The highest BCUT2D eigenvalue weighted by Crippen LogP contribution is 2.18. The van der Waals surface area contributed by atoms with Gasteiger partial charge in [-0.3, -0.25) is 0 Å². The molecule has 2 rings (SSSR count). The summed E-state index contributed by atoms with van der Waals surface area (Å²) < 4.78 is 36.0. The zero-order valence-electron chi connectivity index (χ0n) is 12.0. The molecule has 0 saturated carbocycles. The summed E-state index contributed by atoms with van der Waals surface area (Å²) in [6.45, 7) is 2.32. The second kappa shape index (κ2) is 6.77. The van der Waals surface area contributed by atoms with Gasteiger partial charge in [-0.1, -0.05) is 17.7 Å². The van der Waals surface area contributed by atoms with Crippen LogP contribution in [0.1, 0.15) is 12.0 Å². The minimum absolute atomic E-state index is 0.0354. The molecule has 1 fully saturated rings. The Bertz CT molecular complexity index is 678. The predicted octanol–water partition coefficient (Wildman–Crippen LogP) is 1.34. The maximum atomic E-state index is 12.0. The first-order valence-corrected chi connectivity index (χ1v) is 8.18.